The molecule has 6 heteroatoms. The summed E-state index contributed by atoms with van der Waals surface area (Å²) in [6.45, 7) is 8.66. The minimum atomic E-state index is -0.240. The topological polar surface area (TPSA) is 59.8 Å². The molecule has 0 saturated heterocycles. The molecule has 0 spiro atoms. The molecule has 0 aliphatic heterocycles. The van der Waals surface area contributed by atoms with Crippen LogP contribution in [0.1, 0.15) is 18.3 Å². The third kappa shape index (κ3) is 4.21. The maximum absolute atomic E-state index is 12.2. The molecular formula is C16H20N4OS. The highest BCUT2D eigenvalue weighted by molar-refractivity contribution is 8.00. The number of carbonyl (C=O) groups is 1. The highest BCUT2D eigenvalue weighted by Crippen LogP contribution is 2.22. The Kier molecular flexibility index (Phi) is 5.77. The van der Waals surface area contributed by atoms with Crippen molar-refractivity contribution in [2.45, 2.75) is 37.3 Å². The molecule has 1 atom stereocenters. The van der Waals surface area contributed by atoms with Crippen molar-refractivity contribution in [3.05, 3.63) is 54.4 Å². The fourth-order valence-electron chi connectivity index (χ4n) is 1.93. The van der Waals surface area contributed by atoms with Gasteiger partial charge in [-0.25, -0.2) is 0 Å². The van der Waals surface area contributed by atoms with Crippen LogP contribution in [0, 0.1) is 6.92 Å². The number of nitrogens with zero attached hydrogens (tertiary/aromatic N) is 3. The lowest BCUT2D eigenvalue weighted by atomic mass is 10.2. The summed E-state index contributed by atoms with van der Waals surface area (Å²) in [7, 11) is 0. The number of aromatic nitrogens is 3. The number of rotatable bonds is 7. The summed E-state index contributed by atoms with van der Waals surface area (Å²) in [6.07, 6.45) is 1.79. The van der Waals surface area contributed by atoms with E-state index in [1.165, 1.54) is 11.8 Å². The van der Waals surface area contributed by atoms with E-state index in [1.54, 1.807) is 6.08 Å². The molecule has 0 aliphatic rings. The Morgan fingerprint density at radius 3 is 2.82 bits per heavy atom. The molecule has 0 fully saturated rings. The fraction of sp³-hybridized carbons (Fsp3) is 0.312. The largest absolute Gasteiger partial charge is 0.351 e. The van der Waals surface area contributed by atoms with Crippen LogP contribution in [0.2, 0.25) is 0 Å². The van der Waals surface area contributed by atoms with E-state index >= 15 is 0 Å². The van der Waals surface area contributed by atoms with Gasteiger partial charge in [-0.05, 0) is 19.4 Å². The number of carbonyl (C=O) groups excluding carboxylic acids is 1. The zero-order chi connectivity index (χ0) is 15.9. The smallest absolute Gasteiger partial charge is 0.233 e. The molecule has 1 amide bonds. The summed E-state index contributed by atoms with van der Waals surface area (Å²) >= 11 is 1.40. The Hall–Kier alpha value is -2.08. The zero-order valence-corrected chi connectivity index (χ0v) is 13.6. The van der Waals surface area contributed by atoms with Gasteiger partial charge in [-0.2, -0.15) is 0 Å². The number of hydrogen-bond acceptors (Lipinski definition) is 4. The summed E-state index contributed by atoms with van der Waals surface area (Å²) in [5, 5.41) is 11.6. The van der Waals surface area contributed by atoms with E-state index in [-0.39, 0.29) is 11.2 Å². The zero-order valence-electron chi connectivity index (χ0n) is 12.8. The van der Waals surface area contributed by atoms with Crippen molar-refractivity contribution in [1.29, 1.82) is 0 Å². The second-order valence-corrected chi connectivity index (χ2v) is 6.20. The van der Waals surface area contributed by atoms with Gasteiger partial charge in [0, 0.05) is 13.1 Å². The van der Waals surface area contributed by atoms with E-state index in [0.717, 1.165) is 16.5 Å². The Morgan fingerprint density at radius 1 is 1.41 bits per heavy atom. The van der Waals surface area contributed by atoms with E-state index < -0.39 is 0 Å². The Morgan fingerprint density at radius 2 is 2.14 bits per heavy atom. The standard InChI is InChI=1S/C16H20N4OS/c1-4-10-20-13(3)18-19-16(20)22-12(2)15(21)17-11-14-8-6-5-7-9-14/h4-9,12H,1,10-11H2,2-3H3,(H,17,21). The van der Waals surface area contributed by atoms with Crippen LogP contribution >= 0.6 is 11.8 Å². The first kappa shape index (κ1) is 16.3. The van der Waals surface area contributed by atoms with Crippen molar-refractivity contribution in [2.24, 2.45) is 0 Å². The van der Waals surface area contributed by atoms with Gasteiger partial charge >= 0.3 is 0 Å². The number of allylic oxidation sites excluding steroid dienone is 1. The maximum atomic E-state index is 12.2. The summed E-state index contributed by atoms with van der Waals surface area (Å²) in [4.78, 5) is 12.2. The van der Waals surface area contributed by atoms with E-state index in [9.17, 15) is 4.79 Å². The van der Waals surface area contributed by atoms with Crippen molar-refractivity contribution in [2.75, 3.05) is 0 Å². The molecule has 2 rings (SSSR count). The molecule has 1 unspecified atom stereocenters. The maximum Gasteiger partial charge on any atom is 0.233 e. The molecule has 22 heavy (non-hydrogen) atoms. The van der Waals surface area contributed by atoms with E-state index in [1.807, 2.05) is 48.7 Å². The summed E-state index contributed by atoms with van der Waals surface area (Å²) in [5.41, 5.74) is 1.08. The van der Waals surface area contributed by atoms with Crippen LogP contribution in [-0.2, 0) is 17.9 Å². The Bertz CT molecular complexity index is 639. The molecule has 116 valence electrons. The normalized spacial score (nSPS) is 11.9. The monoisotopic (exact) mass is 316 g/mol. The van der Waals surface area contributed by atoms with Gasteiger partial charge in [0.1, 0.15) is 5.82 Å². The summed E-state index contributed by atoms with van der Waals surface area (Å²) in [5.74, 6) is 0.805. The van der Waals surface area contributed by atoms with Crippen LogP contribution in [0.15, 0.2) is 48.1 Å². The second kappa shape index (κ2) is 7.79. The van der Waals surface area contributed by atoms with Gasteiger partial charge in [-0.15, -0.1) is 16.8 Å². The number of aryl methyl sites for hydroxylation is 1. The molecule has 5 nitrogen and oxygen atoms in total. The second-order valence-electron chi connectivity index (χ2n) is 4.89. The van der Waals surface area contributed by atoms with Crippen LogP contribution in [0.4, 0.5) is 0 Å². The Labute approximate surface area is 134 Å². The molecule has 0 aliphatic carbocycles. The molecule has 0 radical (unpaired) electrons. The molecule has 1 N–H and O–H groups in total. The average Bonchev–Trinajstić information content (AvgIpc) is 2.87. The lowest BCUT2D eigenvalue weighted by Gasteiger charge is -2.12. The third-order valence-corrected chi connectivity index (χ3v) is 4.25. The predicted molar refractivity (Wildman–Crippen MR) is 88.6 cm³/mol. The van der Waals surface area contributed by atoms with Crippen LogP contribution in [0.25, 0.3) is 0 Å². The van der Waals surface area contributed by atoms with Gasteiger partial charge in [-0.1, -0.05) is 48.2 Å². The molecular weight excluding hydrogens is 296 g/mol. The van der Waals surface area contributed by atoms with Gasteiger partial charge in [-0.3, -0.25) is 4.79 Å². The molecule has 1 heterocycles. The molecule has 0 bridgehead atoms. The molecule has 1 aromatic heterocycles. The van der Waals surface area contributed by atoms with Gasteiger partial charge in [0.2, 0.25) is 5.91 Å². The van der Waals surface area contributed by atoms with E-state index in [2.05, 4.69) is 22.1 Å². The number of thioether (sulfide) groups is 1. The number of nitrogens with one attached hydrogen (secondary N) is 1. The van der Waals surface area contributed by atoms with Crippen molar-refractivity contribution < 1.29 is 4.79 Å². The number of hydrogen-bond donors (Lipinski definition) is 1. The number of benzene rings is 1. The average molecular weight is 316 g/mol. The van der Waals surface area contributed by atoms with Gasteiger partial charge in [0.25, 0.3) is 0 Å². The minimum absolute atomic E-state index is 0.0142. The van der Waals surface area contributed by atoms with E-state index in [4.69, 9.17) is 0 Å². The van der Waals surface area contributed by atoms with Crippen LogP contribution < -0.4 is 5.32 Å². The minimum Gasteiger partial charge on any atom is -0.351 e. The van der Waals surface area contributed by atoms with Crippen LogP contribution in [-0.4, -0.2) is 25.9 Å². The van der Waals surface area contributed by atoms with Crippen LogP contribution in [0.3, 0.4) is 0 Å². The summed E-state index contributed by atoms with van der Waals surface area (Å²) in [6, 6.07) is 9.85. The van der Waals surface area contributed by atoms with Crippen molar-refractivity contribution in [3.63, 3.8) is 0 Å². The first-order valence-electron chi connectivity index (χ1n) is 7.10. The van der Waals surface area contributed by atoms with Crippen molar-refractivity contribution in [3.8, 4) is 0 Å². The Balaban J connectivity index is 1.92. The SMILES string of the molecule is C=CCn1c(C)nnc1SC(C)C(=O)NCc1ccccc1. The lowest BCUT2D eigenvalue weighted by molar-refractivity contribution is -0.120. The first-order chi connectivity index (χ1) is 10.6. The quantitative estimate of drug-likeness (QED) is 0.630. The highest BCUT2D eigenvalue weighted by atomic mass is 32.2. The van der Waals surface area contributed by atoms with Gasteiger partial charge in [0.15, 0.2) is 5.16 Å². The third-order valence-electron chi connectivity index (χ3n) is 3.17. The van der Waals surface area contributed by atoms with Crippen LogP contribution in [0.5, 0.6) is 0 Å². The fourth-order valence-corrected chi connectivity index (χ4v) is 2.86. The highest BCUT2D eigenvalue weighted by Gasteiger charge is 2.18. The van der Waals surface area contributed by atoms with Gasteiger partial charge in [0.05, 0.1) is 5.25 Å². The lowest BCUT2D eigenvalue weighted by Crippen LogP contribution is -2.30. The van der Waals surface area contributed by atoms with Gasteiger partial charge < -0.3 is 9.88 Å². The summed E-state index contributed by atoms with van der Waals surface area (Å²) < 4.78 is 1.94. The molecule has 0 saturated carbocycles. The molecule has 1 aromatic carbocycles. The molecule has 2 aromatic rings. The van der Waals surface area contributed by atoms with Crippen molar-refractivity contribution >= 4 is 17.7 Å². The predicted octanol–water partition coefficient (Wildman–Crippen LogP) is 2.57. The van der Waals surface area contributed by atoms with Crippen molar-refractivity contribution in [1.82, 2.24) is 20.1 Å². The number of amides is 1. The van der Waals surface area contributed by atoms with E-state index in [0.29, 0.717) is 13.1 Å². The first-order valence-corrected chi connectivity index (χ1v) is 7.98.